The Hall–Kier alpha value is -2.29. The van der Waals surface area contributed by atoms with Crippen LogP contribution in [-0.2, 0) is 6.54 Å². The molecule has 0 aliphatic heterocycles. The lowest BCUT2D eigenvalue weighted by molar-refractivity contribution is 0.363. The number of aromatic nitrogens is 1. The van der Waals surface area contributed by atoms with Crippen molar-refractivity contribution in [3.63, 3.8) is 0 Å². The molecule has 104 valence electrons. The Balaban J connectivity index is 2.39. The zero-order valence-corrected chi connectivity index (χ0v) is 11.9. The highest BCUT2D eigenvalue weighted by atomic mass is 16.5. The monoisotopic (exact) mass is 269 g/mol. The van der Waals surface area contributed by atoms with Crippen molar-refractivity contribution in [2.24, 2.45) is 0 Å². The quantitative estimate of drug-likeness (QED) is 0.779. The minimum Gasteiger partial charge on any atom is -0.490 e. The Kier molecular flexibility index (Phi) is 4.41. The standard InChI is InChI=1S/C17H19NO2/c1-4-12-20-15-9-7-14(8-10-15)16-11-6-13(3)17(19)18(16)5-2/h4,6-11H,1,5,12H2,2-3H3. The van der Waals surface area contributed by atoms with Gasteiger partial charge in [0.2, 0.25) is 0 Å². The maximum absolute atomic E-state index is 12.1. The molecule has 3 heteroatoms. The highest BCUT2D eigenvalue weighted by molar-refractivity contribution is 5.61. The topological polar surface area (TPSA) is 31.2 Å². The van der Waals surface area contributed by atoms with Crippen LogP contribution in [0.5, 0.6) is 5.75 Å². The number of aryl methyl sites for hydroxylation is 1. The summed E-state index contributed by atoms with van der Waals surface area (Å²) in [7, 11) is 0. The first-order valence-electron chi connectivity index (χ1n) is 6.72. The van der Waals surface area contributed by atoms with Crippen molar-refractivity contribution in [3.8, 4) is 17.0 Å². The minimum absolute atomic E-state index is 0.0667. The van der Waals surface area contributed by atoms with Crippen LogP contribution < -0.4 is 10.3 Å². The van der Waals surface area contributed by atoms with Gasteiger partial charge in [0.05, 0.1) is 5.69 Å². The molecule has 0 aliphatic rings. The average Bonchev–Trinajstić information content (AvgIpc) is 2.48. The van der Waals surface area contributed by atoms with E-state index in [9.17, 15) is 4.79 Å². The lowest BCUT2D eigenvalue weighted by Gasteiger charge is -2.12. The molecule has 3 nitrogen and oxygen atoms in total. The molecule has 0 aliphatic carbocycles. The zero-order chi connectivity index (χ0) is 14.5. The summed E-state index contributed by atoms with van der Waals surface area (Å²) in [4.78, 5) is 12.1. The average molecular weight is 269 g/mol. The summed E-state index contributed by atoms with van der Waals surface area (Å²) < 4.78 is 7.25. The van der Waals surface area contributed by atoms with Crippen molar-refractivity contribution in [3.05, 3.63) is 65.0 Å². The summed E-state index contributed by atoms with van der Waals surface area (Å²) in [6, 6.07) is 11.6. The first-order valence-corrected chi connectivity index (χ1v) is 6.72. The molecule has 0 radical (unpaired) electrons. The van der Waals surface area contributed by atoms with E-state index in [2.05, 4.69) is 6.58 Å². The molecule has 0 N–H and O–H groups in total. The first kappa shape index (κ1) is 14.1. The van der Waals surface area contributed by atoms with Crippen LogP contribution in [0.15, 0.2) is 53.8 Å². The summed E-state index contributed by atoms with van der Waals surface area (Å²) in [6.07, 6.45) is 1.71. The van der Waals surface area contributed by atoms with E-state index in [-0.39, 0.29) is 5.56 Å². The van der Waals surface area contributed by atoms with E-state index < -0.39 is 0 Å². The van der Waals surface area contributed by atoms with Gasteiger partial charge in [0, 0.05) is 12.1 Å². The molecule has 1 aromatic carbocycles. The zero-order valence-electron chi connectivity index (χ0n) is 11.9. The molecule has 0 amide bonds. The highest BCUT2D eigenvalue weighted by Crippen LogP contribution is 2.22. The fourth-order valence-electron chi connectivity index (χ4n) is 2.13. The summed E-state index contributed by atoms with van der Waals surface area (Å²) in [5.74, 6) is 0.797. The number of benzene rings is 1. The molecule has 1 heterocycles. The third kappa shape index (κ3) is 2.82. The predicted octanol–water partition coefficient (Wildman–Crippen LogP) is 3.41. The van der Waals surface area contributed by atoms with Gasteiger partial charge in [-0.2, -0.15) is 0 Å². The molecule has 0 spiro atoms. The minimum atomic E-state index is 0.0667. The SMILES string of the molecule is C=CCOc1ccc(-c2ccc(C)c(=O)n2CC)cc1. The van der Waals surface area contributed by atoms with Gasteiger partial charge < -0.3 is 9.30 Å². The molecule has 0 saturated carbocycles. The van der Waals surface area contributed by atoms with Gasteiger partial charge in [-0.1, -0.05) is 18.7 Å². The van der Waals surface area contributed by atoms with Gasteiger partial charge in [-0.3, -0.25) is 4.79 Å². The Labute approximate surface area is 119 Å². The summed E-state index contributed by atoms with van der Waals surface area (Å²) in [6.45, 7) is 8.58. The Morgan fingerprint density at radius 2 is 1.90 bits per heavy atom. The van der Waals surface area contributed by atoms with Crippen LogP contribution in [0.1, 0.15) is 12.5 Å². The van der Waals surface area contributed by atoms with Gasteiger partial charge in [0.1, 0.15) is 12.4 Å². The molecule has 0 bridgehead atoms. The Bertz CT molecular complexity index is 654. The van der Waals surface area contributed by atoms with Crippen molar-refractivity contribution < 1.29 is 4.74 Å². The molecule has 2 aromatic rings. The van der Waals surface area contributed by atoms with E-state index in [1.807, 2.05) is 50.2 Å². The lowest BCUT2D eigenvalue weighted by atomic mass is 10.1. The van der Waals surface area contributed by atoms with Crippen molar-refractivity contribution in [1.82, 2.24) is 4.57 Å². The number of ether oxygens (including phenoxy) is 1. The van der Waals surface area contributed by atoms with Gasteiger partial charge in [-0.15, -0.1) is 0 Å². The Morgan fingerprint density at radius 3 is 2.50 bits per heavy atom. The van der Waals surface area contributed by atoms with Crippen LogP contribution in [0.4, 0.5) is 0 Å². The van der Waals surface area contributed by atoms with Crippen LogP contribution in [-0.4, -0.2) is 11.2 Å². The molecule has 1 aromatic heterocycles. The molecule has 0 atom stereocenters. The van der Waals surface area contributed by atoms with Crippen molar-refractivity contribution in [1.29, 1.82) is 0 Å². The molecular weight excluding hydrogens is 250 g/mol. The lowest BCUT2D eigenvalue weighted by Crippen LogP contribution is -2.22. The van der Waals surface area contributed by atoms with Crippen molar-refractivity contribution in [2.45, 2.75) is 20.4 Å². The Morgan fingerprint density at radius 1 is 1.20 bits per heavy atom. The summed E-state index contributed by atoms with van der Waals surface area (Å²) >= 11 is 0. The highest BCUT2D eigenvalue weighted by Gasteiger charge is 2.07. The van der Waals surface area contributed by atoms with E-state index in [1.54, 1.807) is 10.6 Å². The van der Waals surface area contributed by atoms with Crippen molar-refractivity contribution >= 4 is 0 Å². The summed E-state index contributed by atoms with van der Waals surface area (Å²) in [5.41, 5.74) is 2.77. The predicted molar refractivity (Wildman–Crippen MR) is 82.2 cm³/mol. The number of hydrogen-bond donors (Lipinski definition) is 0. The van der Waals surface area contributed by atoms with E-state index in [0.717, 1.165) is 22.6 Å². The molecular formula is C17H19NO2. The molecule has 0 unspecified atom stereocenters. The smallest absolute Gasteiger partial charge is 0.253 e. The number of rotatable bonds is 5. The second-order valence-electron chi connectivity index (χ2n) is 4.58. The van der Waals surface area contributed by atoms with Crippen LogP contribution in [0.2, 0.25) is 0 Å². The van der Waals surface area contributed by atoms with Crippen LogP contribution >= 0.6 is 0 Å². The maximum atomic E-state index is 12.1. The molecule has 0 saturated heterocycles. The van der Waals surface area contributed by atoms with E-state index in [4.69, 9.17) is 4.74 Å². The normalized spacial score (nSPS) is 10.3. The third-order valence-electron chi connectivity index (χ3n) is 3.20. The van der Waals surface area contributed by atoms with Crippen molar-refractivity contribution in [2.75, 3.05) is 6.61 Å². The summed E-state index contributed by atoms with van der Waals surface area (Å²) in [5, 5.41) is 0. The molecule has 0 fully saturated rings. The maximum Gasteiger partial charge on any atom is 0.253 e. The van der Waals surface area contributed by atoms with Gasteiger partial charge in [0.25, 0.3) is 5.56 Å². The fraction of sp³-hybridized carbons (Fsp3) is 0.235. The van der Waals surface area contributed by atoms with Crippen LogP contribution in [0, 0.1) is 6.92 Å². The van der Waals surface area contributed by atoms with Crippen LogP contribution in [0.3, 0.4) is 0 Å². The third-order valence-corrected chi connectivity index (χ3v) is 3.20. The second-order valence-corrected chi connectivity index (χ2v) is 4.58. The van der Waals surface area contributed by atoms with Gasteiger partial charge >= 0.3 is 0 Å². The molecule has 2 rings (SSSR count). The van der Waals surface area contributed by atoms with E-state index in [1.165, 1.54) is 0 Å². The van der Waals surface area contributed by atoms with E-state index >= 15 is 0 Å². The number of pyridine rings is 1. The van der Waals surface area contributed by atoms with Gasteiger partial charge in [-0.25, -0.2) is 0 Å². The van der Waals surface area contributed by atoms with Gasteiger partial charge in [-0.05, 0) is 49.7 Å². The van der Waals surface area contributed by atoms with Crippen LogP contribution in [0.25, 0.3) is 11.3 Å². The van der Waals surface area contributed by atoms with E-state index in [0.29, 0.717) is 13.2 Å². The fourth-order valence-corrected chi connectivity index (χ4v) is 2.13. The first-order chi connectivity index (χ1) is 9.67. The second kappa shape index (κ2) is 6.24. The van der Waals surface area contributed by atoms with Gasteiger partial charge in [0.15, 0.2) is 0 Å². The molecule has 20 heavy (non-hydrogen) atoms. The number of hydrogen-bond acceptors (Lipinski definition) is 2. The number of nitrogens with zero attached hydrogens (tertiary/aromatic N) is 1. The largest absolute Gasteiger partial charge is 0.490 e.